The number of hydrogen-bond donors (Lipinski definition) is 17. The summed E-state index contributed by atoms with van der Waals surface area (Å²) >= 11 is 4.22. The first-order valence-corrected chi connectivity index (χ1v) is 26.5. The van der Waals surface area contributed by atoms with Crippen molar-refractivity contribution in [3.05, 3.63) is 18.2 Å². The van der Waals surface area contributed by atoms with Gasteiger partial charge in [-0.1, -0.05) is 13.8 Å². The Labute approximate surface area is 457 Å². The molecule has 0 saturated carbocycles. The van der Waals surface area contributed by atoms with E-state index in [1.54, 1.807) is 13.8 Å². The molecule has 22 N–H and O–H groups in total. The molecule has 30 nitrogen and oxygen atoms in total. The fourth-order valence-electron chi connectivity index (χ4n) is 8.18. The van der Waals surface area contributed by atoms with Gasteiger partial charge in [0.1, 0.15) is 48.3 Å². The first-order valence-electron chi connectivity index (χ1n) is 25.9. The van der Waals surface area contributed by atoms with Gasteiger partial charge in [-0.25, -0.2) is 9.78 Å². The predicted molar refractivity (Wildman–Crippen MR) is 286 cm³/mol. The Morgan fingerprint density at radius 1 is 0.692 bits per heavy atom. The Hall–Kier alpha value is -7.12. The molecule has 0 bridgehead atoms. The topological polar surface area (TPSA) is 513 Å². The largest absolute Gasteiger partial charge is 0.481 e. The van der Waals surface area contributed by atoms with Crippen LogP contribution in [0.2, 0.25) is 0 Å². The number of likely N-dealkylation sites (tertiary alicyclic amines) is 1. The number of H-pyrrole nitrogens is 1. The molecule has 1 aromatic rings. The van der Waals surface area contributed by atoms with E-state index in [-0.39, 0.29) is 76.4 Å². The zero-order valence-electron chi connectivity index (χ0n) is 44.2. The number of aromatic nitrogens is 2. The lowest BCUT2D eigenvalue weighted by molar-refractivity contribution is -0.143. The van der Waals surface area contributed by atoms with E-state index in [1.807, 2.05) is 0 Å². The van der Waals surface area contributed by atoms with Gasteiger partial charge in [0.05, 0.1) is 12.4 Å². The van der Waals surface area contributed by atoms with E-state index in [1.165, 1.54) is 17.4 Å². The van der Waals surface area contributed by atoms with Crippen molar-refractivity contribution in [1.29, 1.82) is 0 Å². The number of nitrogens with zero attached hydrogens (tertiary/aromatic N) is 3. The number of rotatable bonds is 38. The third-order valence-corrected chi connectivity index (χ3v) is 12.9. The molecule has 9 amide bonds. The predicted octanol–water partition coefficient (Wildman–Crippen LogP) is -5.22. The van der Waals surface area contributed by atoms with Crippen LogP contribution < -0.4 is 71.6 Å². The molecule has 0 aliphatic carbocycles. The normalized spacial score (nSPS) is 16.1. The number of aliphatic imine (C=N–C) groups is 1. The standard InChI is InChI=1S/C47H81N17O13S/c1-25(2)37(63-42(72)28(9-3-5-17-48)58-39(69)29(11-7-19-55-47(52)53)57-38(68)27(50)21-26-22-54-24-56-26)45(75)64-20-8-12-34(64)44(74)62-33(23-78)43(73)60-31(14-16-36(66)67)40(70)59-30(13-15-35(51)65)41(71)61-32(46(76)77)10-4-6-18-49/h22,24-25,27-34,37,78H,3-21,23,48-50H2,1-2H3,(H2,51,65)(H,54,56)(H,57,68)(H,58,69)(H,59,70)(H,60,73)(H,61,71)(H,62,74)(H,63,72)(H,66,67)(H,76,77)(H4,52,53,55)/t27-,28-,29-,30-,31-,32-,33-,34-,37-/m0/s1. The van der Waals surface area contributed by atoms with Crippen LogP contribution in [0.3, 0.4) is 0 Å². The zero-order chi connectivity index (χ0) is 58.5. The maximum Gasteiger partial charge on any atom is 0.326 e. The van der Waals surface area contributed by atoms with Gasteiger partial charge in [0.2, 0.25) is 53.2 Å². The second-order valence-electron chi connectivity index (χ2n) is 19.2. The number of nitrogens with one attached hydrogen (secondary N) is 8. The number of primary amides is 1. The smallest absolute Gasteiger partial charge is 0.326 e. The van der Waals surface area contributed by atoms with Crippen LogP contribution in [0.1, 0.15) is 109 Å². The van der Waals surface area contributed by atoms with Gasteiger partial charge in [-0.05, 0) is 96.1 Å². The van der Waals surface area contributed by atoms with Crippen LogP contribution in [-0.4, -0.2) is 182 Å². The summed E-state index contributed by atoms with van der Waals surface area (Å²) in [7, 11) is 0. The highest BCUT2D eigenvalue weighted by molar-refractivity contribution is 7.80. The molecule has 78 heavy (non-hydrogen) atoms. The maximum absolute atomic E-state index is 14.4. The van der Waals surface area contributed by atoms with Gasteiger partial charge in [-0.3, -0.25) is 52.9 Å². The van der Waals surface area contributed by atoms with Crippen molar-refractivity contribution in [2.75, 3.05) is 31.9 Å². The van der Waals surface area contributed by atoms with Crippen molar-refractivity contribution in [3.63, 3.8) is 0 Å². The van der Waals surface area contributed by atoms with Crippen LogP contribution in [0.5, 0.6) is 0 Å². The third kappa shape index (κ3) is 24.0. The van der Waals surface area contributed by atoms with Crippen LogP contribution in [0, 0.1) is 5.92 Å². The lowest BCUT2D eigenvalue weighted by Gasteiger charge is -2.32. The number of carboxylic acids is 2. The number of aromatic amines is 1. The second kappa shape index (κ2) is 35.3. The molecule has 0 unspecified atom stereocenters. The SMILES string of the molecule is CC(C)[C@H](NC(=O)[C@H](CCCCN)NC(=O)[C@H](CCCN=C(N)N)NC(=O)[C@@H](N)Cc1cnc[nH]1)C(=O)N1CCC[C@H]1C(=O)N[C@@H](CS)C(=O)N[C@@H](CCC(=O)O)C(=O)N[C@@H](CCC(N)=O)C(=O)N[C@@H](CCCCN)C(=O)O. The Balaban J connectivity index is 2.31. The number of nitrogens with two attached hydrogens (primary N) is 6. The van der Waals surface area contributed by atoms with Gasteiger partial charge in [0.25, 0.3) is 0 Å². The van der Waals surface area contributed by atoms with Gasteiger partial charge in [0, 0.05) is 50.0 Å². The van der Waals surface area contributed by atoms with E-state index in [4.69, 9.17) is 34.4 Å². The molecule has 0 aromatic carbocycles. The van der Waals surface area contributed by atoms with Crippen LogP contribution in [0.4, 0.5) is 0 Å². The van der Waals surface area contributed by atoms with Crippen molar-refractivity contribution in [2.24, 2.45) is 45.3 Å². The van der Waals surface area contributed by atoms with E-state index < -0.39 is 151 Å². The molecule has 2 heterocycles. The van der Waals surface area contributed by atoms with Crippen LogP contribution in [-0.2, 0) is 59.2 Å². The second-order valence-corrected chi connectivity index (χ2v) is 19.5. The average Bonchev–Trinajstić information content (AvgIpc) is 4.10. The number of unbranched alkanes of at least 4 members (excludes halogenated alkanes) is 2. The van der Waals surface area contributed by atoms with Crippen molar-refractivity contribution >= 4 is 83.7 Å². The van der Waals surface area contributed by atoms with Gasteiger partial charge in [-0.2, -0.15) is 12.6 Å². The fraction of sp³-hybridized carbons (Fsp3) is 0.681. The highest BCUT2D eigenvalue weighted by atomic mass is 32.1. The third-order valence-electron chi connectivity index (χ3n) is 12.5. The van der Waals surface area contributed by atoms with Crippen LogP contribution in [0.25, 0.3) is 0 Å². The monoisotopic (exact) mass is 1120 g/mol. The molecular weight excluding hydrogens is 1040 g/mol. The first-order chi connectivity index (χ1) is 36.9. The summed E-state index contributed by atoms with van der Waals surface area (Å²) in [4.78, 5) is 158. The number of hydrogen-bond acceptors (Lipinski definition) is 17. The molecular formula is C47H81N17O13S. The molecule has 1 aromatic heterocycles. The summed E-state index contributed by atoms with van der Waals surface area (Å²) in [5, 5.41) is 36.9. The Morgan fingerprint density at radius 2 is 1.19 bits per heavy atom. The van der Waals surface area contributed by atoms with E-state index in [2.05, 4.69) is 64.8 Å². The van der Waals surface area contributed by atoms with Crippen molar-refractivity contribution in [2.45, 2.75) is 165 Å². The number of amides is 9. The van der Waals surface area contributed by atoms with Gasteiger partial charge in [0.15, 0.2) is 5.96 Å². The number of imidazole rings is 1. The molecule has 0 spiro atoms. The molecule has 1 saturated heterocycles. The number of carbonyl (C=O) groups excluding carboxylic acids is 9. The highest BCUT2D eigenvalue weighted by Crippen LogP contribution is 2.21. The van der Waals surface area contributed by atoms with E-state index in [9.17, 15) is 63.0 Å². The Bertz CT molecular complexity index is 2200. The number of aliphatic carboxylic acids is 2. The van der Waals surface area contributed by atoms with Crippen molar-refractivity contribution in [3.8, 4) is 0 Å². The van der Waals surface area contributed by atoms with E-state index in [0.717, 1.165) is 0 Å². The number of thiol groups is 1. The molecule has 1 fully saturated rings. The first kappa shape index (κ1) is 67.0. The van der Waals surface area contributed by atoms with Gasteiger partial charge in [-0.15, -0.1) is 0 Å². The van der Waals surface area contributed by atoms with Crippen molar-refractivity contribution in [1.82, 2.24) is 52.1 Å². The summed E-state index contributed by atoms with van der Waals surface area (Å²) in [6.07, 6.45) is 3.47. The van der Waals surface area contributed by atoms with Gasteiger partial charge < -0.3 is 91.7 Å². The quantitative estimate of drug-likeness (QED) is 0.0127. The summed E-state index contributed by atoms with van der Waals surface area (Å²) < 4.78 is 0. The van der Waals surface area contributed by atoms with E-state index in [0.29, 0.717) is 37.8 Å². The summed E-state index contributed by atoms with van der Waals surface area (Å²) in [5.74, 6) is -11.4. The number of carbonyl (C=O) groups is 11. The summed E-state index contributed by atoms with van der Waals surface area (Å²) in [6, 6.07) is -12.0. The average molecular weight is 1120 g/mol. The van der Waals surface area contributed by atoms with Crippen molar-refractivity contribution < 1.29 is 63.0 Å². The molecule has 31 heteroatoms. The molecule has 9 atom stereocenters. The van der Waals surface area contributed by atoms with Crippen LogP contribution >= 0.6 is 12.6 Å². The summed E-state index contributed by atoms with van der Waals surface area (Å²) in [6.45, 7) is 4.05. The number of guanidine groups is 1. The maximum atomic E-state index is 14.4. The van der Waals surface area contributed by atoms with Crippen LogP contribution in [0.15, 0.2) is 17.5 Å². The minimum absolute atomic E-state index is 0.00975. The van der Waals surface area contributed by atoms with E-state index >= 15 is 0 Å². The highest BCUT2D eigenvalue weighted by Gasteiger charge is 2.41. The molecule has 1 aliphatic heterocycles. The molecule has 438 valence electrons. The molecule has 1 aliphatic rings. The molecule has 2 rings (SSSR count). The number of carboxylic acid groups (broad SMARTS) is 2. The molecule has 0 radical (unpaired) electrons. The van der Waals surface area contributed by atoms with Gasteiger partial charge >= 0.3 is 11.9 Å². The fourth-order valence-corrected chi connectivity index (χ4v) is 8.44. The Morgan fingerprint density at radius 3 is 1.68 bits per heavy atom. The zero-order valence-corrected chi connectivity index (χ0v) is 45.1. The lowest BCUT2D eigenvalue weighted by atomic mass is 10.00. The lowest BCUT2D eigenvalue weighted by Crippen LogP contribution is -2.61. The minimum Gasteiger partial charge on any atom is -0.481 e. The minimum atomic E-state index is -1.66. The Kier molecular flexibility index (Phi) is 30.3. The summed E-state index contributed by atoms with van der Waals surface area (Å²) in [5.41, 5.74) is 34.2.